The highest BCUT2D eigenvalue weighted by Crippen LogP contribution is 2.18. The van der Waals surface area contributed by atoms with Gasteiger partial charge >= 0.3 is 0 Å². The maximum atomic E-state index is 11.9. The van der Waals surface area contributed by atoms with Crippen molar-refractivity contribution in [2.24, 2.45) is 0 Å². The van der Waals surface area contributed by atoms with Crippen molar-refractivity contribution in [2.75, 3.05) is 18.5 Å². The summed E-state index contributed by atoms with van der Waals surface area (Å²) in [7, 11) is 0. The number of benzene rings is 1. The Morgan fingerprint density at radius 2 is 2.32 bits per heavy atom. The highest BCUT2D eigenvalue weighted by Gasteiger charge is 2.10. The van der Waals surface area contributed by atoms with Crippen molar-refractivity contribution in [3.63, 3.8) is 0 Å². The predicted molar refractivity (Wildman–Crippen MR) is 81.3 cm³/mol. The van der Waals surface area contributed by atoms with Gasteiger partial charge in [-0.25, -0.2) is 0 Å². The molecule has 0 fully saturated rings. The zero-order chi connectivity index (χ0) is 14.3. The molecule has 0 saturated heterocycles. The molecule has 0 spiro atoms. The van der Waals surface area contributed by atoms with E-state index >= 15 is 0 Å². The minimum atomic E-state index is -0.475. The number of nitrogens with one attached hydrogen (secondary N) is 2. The molecule has 1 aromatic rings. The van der Waals surface area contributed by atoms with Crippen molar-refractivity contribution in [1.29, 1.82) is 5.26 Å². The maximum absolute atomic E-state index is 11.9. The van der Waals surface area contributed by atoms with Crippen molar-refractivity contribution in [3.8, 4) is 6.07 Å². The van der Waals surface area contributed by atoms with E-state index in [1.165, 1.54) is 6.20 Å². The number of aliphatic hydroxyl groups excluding tert-OH is 1. The molecule has 0 bridgehead atoms. The van der Waals surface area contributed by atoms with Crippen molar-refractivity contribution >= 4 is 34.2 Å². The minimum Gasteiger partial charge on any atom is -0.395 e. The largest absolute Gasteiger partial charge is 0.395 e. The molecule has 0 saturated carbocycles. The van der Waals surface area contributed by atoms with Crippen LogP contribution in [-0.2, 0) is 4.79 Å². The Kier molecular flexibility index (Phi) is 6.32. The molecule has 0 radical (unpaired) electrons. The normalized spacial score (nSPS) is 10.7. The van der Waals surface area contributed by atoms with E-state index in [-0.39, 0.29) is 12.2 Å². The van der Waals surface area contributed by atoms with Crippen LogP contribution in [0.25, 0.3) is 0 Å². The molecule has 0 atom stereocenters. The van der Waals surface area contributed by atoms with Crippen molar-refractivity contribution in [2.45, 2.75) is 6.92 Å². The molecule has 1 aromatic carbocycles. The van der Waals surface area contributed by atoms with Crippen LogP contribution in [0.5, 0.6) is 0 Å². The molecule has 0 aliphatic carbocycles. The summed E-state index contributed by atoms with van der Waals surface area (Å²) in [4.78, 5) is 11.9. The van der Waals surface area contributed by atoms with Gasteiger partial charge in [-0.2, -0.15) is 5.26 Å². The summed E-state index contributed by atoms with van der Waals surface area (Å²) >= 11 is 2.19. The van der Waals surface area contributed by atoms with Crippen LogP contribution in [0.3, 0.4) is 0 Å². The van der Waals surface area contributed by atoms with Crippen LogP contribution < -0.4 is 10.6 Å². The summed E-state index contributed by atoms with van der Waals surface area (Å²) in [5, 5.41) is 22.9. The number of halogens is 1. The number of carbonyl (C=O) groups is 1. The molecule has 19 heavy (non-hydrogen) atoms. The third-order valence-corrected chi connectivity index (χ3v) is 2.98. The van der Waals surface area contributed by atoms with Crippen LogP contribution >= 0.6 is 22.6 Å². The van der Waals surface area contributed by atoms with Gasteiger partial charge in [0, 0.05) is 22.0 Å². The summed E-state index contributed by atoms with van der Waals surface area (Å²) in [5.74, 6) is -0.475. The smallest absolute Gasteiger partial charge is 0.267 e. The van der Waals surface area contributed by atoms with Gasteiger partial charge in [-0.1, -0.05) is 0 Å². The van der Waals surface area contributed by atoms with E-state index in [2.05, 4.69) is 33.2 Å². The number of hydrogen-bond donors (Lipinski definition) is 3. The summed E-state index contributed by atoms with van der Waals surface area (Å²) in [6.07, 6.45) is 1.30. The second-order valence-corrected chi connectivity index (χ2v) is 5.01. The molecule has 1 amide bonds. The first-order valence-corrected chi connectivity index (χ1v) is 6.68. The second-order valence-electron chi connectivity index (χ2n) is 3.76. The quantitative estimate of drug-likeness (QED) is 0.317. The summed E-state index contributed by atoms with van der Waals surface area (Å²) < 4.78 is 1.08. The van der Waals surface area contributed by atoms with E-state index in [9.17, 15) is 4.79 Å². The van der Waals surface area contributed by atoms with Crippen LogP contribution in [0.2, 0.25) is 0 Å². The fourth-order valence-corrected chi connectivity index (χ4v) is 1.99. The Bertz CT molecular complexity index is 535. The number of aliphatic hydroxyl groups is 1. The van der Waals surface area contributed by atoms with Crippen LogP contribution in [0, 0.1) is 21.8 Å². The fourth-order valence-electron chi connectivity index (χ4n) is 1.34. The van der Waals surface area contributed by atoms with Gasteiger partial charge in [0.2, 0.25) is 0 Å². The molecular weight excluding hydrogens is 357 g/mol. The lowest BCUT2D eigenvalue weighted by molar-refractivity contribution is -0.112. The third-order valence-electron chi connectivity index (χ3n) is 2.30. The first kappa shape index (κ1) is 15.5. The molecule has 5 nitrogen and oxygen atoms in total. The fraction of sp³-hybridized carbons (Fsp3) is 0.231. The number of amides is 1. The van der Waals surface area contributed by atoms with Gasteiger partial charge in [-0.05, 0) is 53.3 Å². The van der Waals surface area contributed by atoms with Crippen LogP contribution in [0.15, 0.2) is 30.0 Å². The molecule has 0 aromatic heterocycles. The second kappa shape index (κ2) is 7.76. The Morgan fingerprint density at radius 3 is 2.89 bits per heavy atom. The number of hydrogen-bond acceptors (Lipinski definition) is 4. The van der Waals surface area contributed by atoms with Crippen molar-refractivity contribution in [1.82, 2.24) is 5.32 Å². The lowest BCUT2D eigenvalue weighted by atomic mass is 10.2. The monoisotopic (exact) mass is 371 g/mol. The highest BCUT2D eigenvalue weighted by molar-refractivity contribution is 14.1. The van der Waals surface area contributed by atoms with Crippen LogP contribution in [0.1, 0.15) is 5.56 Å². The zero-order valence-electron chi connectivity index (χ0n) is 10.4. The lowest BCUT2D eigenvalue weighted by Gasteiger charge is -2.08. The molecular formula is C13H14IN3O2. The first-order valence-electron chi connectivity index (χ1n) is 5.60. The topological polar surface area (TPSA) is 85.2 Å². The Balaban J connectivity index is 2.77. The lowest BCUT2D eigenvalue weighted by Crippen LogP contribution is -2.18. The minimum absolute atomic E-state index is 0.0357. The van der Waals surface area contributed by atoms with Gasteiger partial charge in [0.15, 0.2) is 0 Å². The van der Waals surface area contributed by atoms with Gasteiger partial charge in [0.1, 0.15) is 11.6 Å². The van der Waals surface area contributed by atoms with Crippen molar-refractivity contribution in [3.05, 3.63) is 39.1 Å². The molecule has 0 aliphatic heterocycles. The number of anilines is 1. The van der Waals surface area contributed by atoms with Gasteiger partial charge < -0.3 is 15.7 Å². The van der Waals surface area contributed by atoms with E-state index in [1.54, 1.807) is 6.07 Å². The molecule has 100 valence electrons. The Morgan fingerprint density at radius 1 is 1.58 bits per heavy atom. The maximum Gasteiger partial charge on any atom is 0.267 e. The highest BCUT2D eigenvalue weighted by atomic mass is 127. The van der Waals surface area contributed by atoms with E-state index in [0.29, 0.717) is 12.2 Å². The van der Waals surface area contributed by atoms with Crippen LogP contribution in [0.4, 0.5) is 5.69 Å². The summed E-state index contributed by atoms with van der Waals surface area (Å²) in [6, 6.07) is 7.43. The summed E-state index contributed by atoms with van der Waals surface area (Å²) in [6.45, 7) is 2.12. The standard InChI is InChI=1S/C13H14IN3O2/c1-9-6-11(14)2-3-12(9)17-13(19)10(7-15)8-16-4-5-18/h2-3,6,8,16,18H,4-5H2,1H3,(H,17,19)/b10-8-. The molecule has 0 heterocycles. The van der Waals surface area contributed by atoms with E-state index in [0.717, 1.165) is 9.13 Å². The Hall–Kier alpha value is -1.59. The number of aryl methyl sites for hydroxylation is 1. The average Bonchev–Trinajstić information content (AvgIpc) is 2.38. The van der Waals surface area contributed by atoms with Gasteiger partial charge in [0.05, 0.1) is 6.61 Å². The average molecular weight is 371 g/mol. The first-order chi connectivity index (χ1) is 9.08. The summed E-state index contributed by atoms with van der Waals surface area (Å²) in [5.41, 5.74) is 1.57. The number of carbonyl (C=O) groups excluding carboxylic acids is 1. The number of nitrogens with zero attached hydrogens (tertiary/aromatic N) is 1. The molecule has 3 N–H and O–H groups in total. The van der Waals surface area contributed by atoms with Gasteiger partial charge in [-0.3, -0.25) is 4.79 Å². The number of nitriles is 1. The van der Waals surface area contributed by atoms with Crippen molar-refractivity contribution < 1.29 is 9.90 Å². The molecule has 0 aliphatic rings. The van der Waals surface area contributed by atoms with E-state index in [1.807, 2.05) is 25.1 Å². The molecule has 0 unspecified atom stereocenters. The predicted octanol–water partition coefficient (Wildman–Crippen LogP) is 1.53. The number of rotatable bonds is 5. The molecule has 6 heteroatoms. The van der Waals surface area contributed by atoms with Crippen LogP contribution in [-0.4, -0.2) is 24.2 Å². The van der Waals surface area contributed by atoms with E-state index in [4.69, 9.17) is 10.4 Å². The SMILES string of the molecule is Cc1cc(I)ccc1NC(=O)/C(C#N)=C\NCCO. The van der Waals surface area contributed by atoms with E-state index < -0.39 is 5.91 Å². The third kappa shape index (κ3) is 4.89. The Labute approximate surface area is 125 Å². The zero-order valence-corrected chi connectivity index (χ0v) is 12.6. The van der Waals surface area contributed by atoms with Gasteiger partial charge in [0.25, 0.3) is 5.91 Å². The van der Waals surface area contributed by atoms with Gasteiger partial charge in [-0.15, -0.1) is 0 Å². The molecule has 1 rings (SSSR count).